The second kappa shape index (κ2) is 16.4. The number of nitro groups is 1. The highest BCUT2D eigenvalue weighted by Crippen LogP contribution is 2.35. The van der Waals surface area contributed by atoms with E-state index < -0.39 is 4.92 Å². The highest BCUT2D eigenvalue weighted by Gasteiger charge is 2.35. The predicted molar refractivity (Wildman–Crippen MR) is 175 cm³/mol. The zero-order chi connectivity index (χ0) is 32.2. The summed E-state index contributed by atoms with van der Waals surface area (Å²) in [5, 5.41) is 11.7. The summed E-state index contributed by atoms with van der Waals surface area (Å²) in [6.07, 6.45) is 3.20. The first-order chi connectivity index (χ1) is 21.7. The van der Waals surface area contributed by atoms with Gasteiger partial charge < -0.3 is 23.7 Å². The van der Waals surface area contributed by atoms with Crippen LogP contribution in [-0.4, -0.2) is 61.5 Å². The molecule has 3 aromatic rings. The van der Waals surface area contributed by atoms with Gasteiger partial charge in [0.25, 0.3) is 0 Å². The maximum absolute atomic E-state index is 11.7. The first-order valence-corrected chi connectivity index (χ1v) is 15.5. The van der Waals surface area contributed by atoms with Crippen LogP contribution in [0.25, 0.3) is 0 Å². The Morgan fingerprint density at radius 3 is 2.49 bits per heavy atom. The van der Waals surface area contributed by atoms with E-state index in [9.17, 15) is 10.1 Å². The fourth-order valence-corrected chi connectivity index (χ4v) is 5.51. The third-order valence-corrected chi connectivity index (χ3v) is 8.01. The zero-order valence-electron chi connectivity index (χ0n) is 26.9. The maximum Gasteiger partial charge on any atom is 0.311 e. The largest absolute Gasteiger partial charge is 0.496 e. The van der Waals surface area contributed by atoms with Gasteiger partial charge in [0, 0.05) is 36.1 Å². The van der Waals surface area contributed by atoms with Crippen LogP contribution in [0.3, 0.4) is 0 Å². The summed E-state index contributed by atoms with van der Waals surface area (Å²) in [5.74, 6) is 2.06. The molecule has 4 rings (SSSR count). The number of nitrogens with zero attached hydrogens (tertiary/aromatic N) is 2. The molecule has 45 heavy (non-hydrogen) atoms. The summed E-state index contributed by atoms with van der Waals surface area (Å²) in [7, 11) is 1.66. The molecule has 0 spiro atoms. The zero-order valence-corrected chi connectivity index (χ0v) is 26.9. The van der Waals surface area contributed by atoms with E-state index in [0.717, 1.165) is 48.6 Å². The minimum absolute atomic E-state index is 0.00405. The van der Waals surface area contributed by atoms with Gasteiger partial charge in [-0.1, -0.05) is 49.1 Å². The number of para-hydroxylation sites is 1. The van der Waals surface area contributed by atoms with E-state index >= 15 is 0 Å². The van der Waals surface area contributed by atoms with Gasteiger partial charge in [-0.2, -0.15) is 0 Å². The fourth-order valence-electron chi connectivity index (χ4n) is 5.51. The average Bonchev–Trinajstić information content (AvgIpc) is 3.04. The Morgan fingerprint density at radius 1 is 1.00 bits per heavy atom. The van der Waals surface area contributed by atoms with Crippen molar-refractivity contribution in [2.75, 3.05) is 40.0 Å². The summed E-state index contributed by atoms with van der Waals surface area (Å²) in [6, 6.07) is 21.1. The molecular formula is C36H46N2O7. The van der Waals surface area contributed by atoms with Crippen LogP contribution >= 0.6 is 0 Å². The maximum atomic E-state index is 11.7. The molecule has 0 amide bonds. The van der Waals surface area contributed by atoms with Gasteiger partial charge in [0.1, 0.15) is 18.1 Å². The summed E-state index contributed by atoms with van der Waals surface area (Å²) < 4.78 is 29.2. The molecule has 1 aliphatic rings. The van der Waals surface area contributed by atoms with Crippen molar-refractivity contribution in [3.8, 4) is 17.2 Å². The Kier molecular flexibility index (Phi) is 12.4. The Labute approximate surface area is 266 Å². The van der Waals surface area contributed by atoms with E-state index in [-0.39, 0.29) is 42.2 Å². The van der Waals surface area contributed by atoms with Crippen LogP contribution in [-0.2, 0) is 22.7 Å². The molecular weight excluding hydrogens is 572 g/mol. The van der Waals surface area contributed by atoms with Crippen LogP contribution in [0, 0.1) is 10.1 Å². The number of ether oxygens (including phenoxy) is 5. The SMILES string of the molecule is C=CCOc1ccc(COC2CN(C(C)(C)C)CCC2c2ccc(OCCCOCc3ccccc3OC)cc2)cc1[N+](=O)[O-]. The number of hydrogen-bond donors (Lipinski definition) is 0. The average molecular weight is 619 g/mol. The molecule has 1 fully saturated rings. The van der Waals surface area contributed by atoms with Crippen LogP contribution < -0.4 is 14.2 Å². The molecule has 1 aliphatic heterocycles. The highest BCUT2D eigenvalue weighted by atomic mass is 16.6. The summed E-state index contributed by atoms with van der Waals surface area (Å²) in [4.78, 5) is 13.7. The molecule has 0 bridgehead atoms. The lowest BCUT2D eigenvalue weighted by atomic mass is 9.85. The topological polar surface area (TPSA) is 92.5 Å². The highest BCUT2D eigenvalue weighted by molar-refractivity contribution is 5.48. The van der Waals surface area contributed by atoms with E-state index in [1.807, 2.05) is 42.5 Å². The van der Waals surface area contributed by atoms with E-state index in [0.29, 0.717) is 19.8 Å². The van der Waals surface area contributed by atoms with Gasteiger partial charge in [0.05, 0.1) is 44.6 Å². The molecule has 1 saturated heterocycles. The molecule has 0 saturated carbocycles. The summed E-state index contributed by atoms with van der Waals surface area (Å²) in [5.41, 5.74) is 2.88. The fraction of sp³-hybridized carbons (Fsp3) is 0.444. The lowest BCUT2D eigenvalue weighted by Gasteiger charge is -2.45. The molecule has 0 N–H and O–H groups in total. The lowest BCUT2D eigenvalue weighted by molar-refractivity contribution is -0.385. The van der Waals surface area contributed by atoms with Gasteiger partial charge in [-0.3, -0.25) is 15.0 Å². The van der Waals surface area contributed by atoms with Crippen LogP contribution in [0.2, 0.25) is 0 Å². The van der Waals surface area contributed by atoms with Crippen molar-refractivity contribution in [1.82, 2.24) is 4.90 Å². The van der Waals surface area contributed by atoms with Crippen molar-refractivity contribution < 1.29 is 28.6 Å². The van der Waals surface area contributed by atoms with Crippen LogP contribution in [0.5, 0.6) is 17.2 Å². The van der Waals surface area contributed by atoms with Gasteiger partial charge in [-0.05, 0) is 69.1 Å². The molecule has 1 heterocycles. The van der Waals surface area contributed by atoms with E-state index in [1.165, 1.54) is 11.6 Å². The van der Waals surface area contributed by atoms with Crippen molar-refractivity contribution in [3.63, 3.8) is 0 Å². The number of piperidine rings is 1. The molecule has 0 aromatic heterocycles. The van der Waals surface area contributed by atoms with E-state index in [4.69, 9.17) is 23.7 Å². The first-order valence-electron chi connectivity index (χ1n) is 15.5. The van der Waals surface area contributed by atoms with Crippen molar-refractivity contribution in [3.05, 3.63) is 106 Å². The minimum Gasteiger partial charge on any atom is -0.496 e. The van der Waals surface area contributed by atoms with Gasteiger partial charge in [-0.15, -0.1) is 0 Å². The summed E-state index contributed by atoms with van der Waals surface area (Å²) >= 11 is 0. The standard InChI is InChI=1S/C36H46N2O7/c1-6-20-44-34-17-12-27(23-32(34)38(39)40)25-45-35-24-37(36(2,3)4)19-18-31(35)28-13-15-30(16-14-28)43-22-9-21-42-26-29-10-7-8-11-33(29)41-5/h6-8,10-17,23,31,35H,1,9,18-22,24-26H2,2-5H3. The molecule has 242 valence electrons. The Morgan fingerprint density at radius 2 is 1.78 bits per heavy atom. The Hall–Kier alpha value is -3.92. The molecule has 0 aliphatic carbocycles. The first kappa shape index (κ1) is 34.0. The number of hydrogen-bond acceptors (Lipinski definition) is 8. The van der Waals surface area contributed by atoms with Gasteiger partial charge in [-0.25, -0.2) is 0 Å². The normalized spacial score (nSPS) is 17.1. The lowest BCUT2D eigenvalue weighted by Crippen LogP contribution is -2.52. The summed E-state index contributed by atoms with van der Waals surface area (Å²) in [6.45, 7) is 14.1. The minimum atomic E-state index is -0.425. The number of rotatable bonds is 16. The van der Waals surface area contributed by atoms with Crippen molar-refractivity contribution >= 4 is 5.69 Å². The second-order valence-corrected chi connectivity index (χ2v) is 12.2. The van der Waals surface area contributed by atoms with Crippen LogP contribution in [0.4, 0.5) is 5.69 Å². The number of nitro benzene ring substituents is 1. The molecule has 3 aromatic carbocycles. The molecule has 2 unspecified atom stereocenters. The van der Waals surface area contributed by atoms with Crippen molar-refractivity contribution in [2.45, 2.75) is 64.4 Å². The van der Waals surface area contributed by atoms with Gasteiger partial charge >= 0.3 is 5.69 Å². The third kappa shape index (κ3) is 9.78. The number of benzene rings is 3. The van der Waals surface area contributed by atoms with E-state index in [2.05, 4.69) is 44.4 Å². The van der Waals surface area contributed by atoms with Gasteiger partial charge in [0.15, 0.2) is 5.75 Å². The quantitative estimate of drug-likeness (QED) is 0.0713. The molecule has 9 heteroatoms. The van der Waals surface area contributed by atoms with E-state index in [1.54, 1.807) is 19.3 Å². The van der Waals surface area contributed by atoms with Crippen LogP contribution in [0.1, 0.15) is 56.2 Å². The Balaban J connectivity index is 1.34. The van der Waals surface area contributed by atoms with Crippen molar-refractivity contribution in [1.29, 1.82) is 0 Å². The molecule has 0 radical (unpaired) electrons. The second-order valence-electron chi connectivity index (χ2n) is 12.2. The van der Waals surface area contributed by atoms with Gasteiger partial charge in [0.2, 0.25) is 0 Å². The Bertz CT molecular complexity index is 1390. The third-order valence-electron chi connectivity index (χ3n) is 8.01. The molecule has 2 atom stereocenters. The number of likely N-dealkylation sites (tertiary alicyclic amines) is 1. The smallest absolute Gasteiger partial charge is 0.311 e. The molecule has 9 nitrogen and oxygen atoms in total. The number of methoxy groups -OCH3 is 1. The van der Waals surface area contributed by atoms with Crippen LogP contribution in [0.15, 0.2) is 79.4 Å². The monoisotopic (exact) mass is 618 g/mol. The predicted octanol–water partition coefficient (Wildman–Crippen LogP) is 7.33. The van der Waals surface area contributed by atoms with Crippen molar-refractivity contribution in [2.24, 2.45) is 0 Å².